The summed E-state index contributed by atoms with van der Waals surface area (Å²) in [5.74, 6) is 2.35. The molecule has 164 valence electrons. The molecule has 0 aliphatic carbocycles. The van der Waals surface area contributed by atoms with Gasteiger partial charge >= 0.3 is 0 Å². The largest absolute Gasteiger partial charge is 0.393 e. The van der Waals surface area contributed by atoms with Crippen molar-refractivity contribution in [2.24, 2.45) is 10.9 Å². The van der Waals surface area contributed by atoms with E-state index in [1.165, 1.54) is 12.0 Å². The molecular weight excluding hydrogens is 475 g/mol. The van der Waals surface area contributed by atoms with E-state index >= 15 is 0 Å². The molecule has 3 rings (SSSR count). The molecule has 2 N–H and O–H groups in total. The number of benzene rings is 1. The van der Waals surface area contributed by atoms with E-state index in [1.807, 2.05) is 0 Å². The first-order chi connectivity index (χ1) is 13.7. The van der Waals surface area contributed by atoms with Crippen LogP contribution in [0.2, 0.25) is 0 Å². The van der Waals surface area contributed by atoms with Gasteiger partial charge in [-0.2, -0.15) is 0 Å². The number of aliphatic imine (C=N–C) groups is 1. The third kappa shape index (κ3) is 7.40. The fraction of sp³-hybridized carbons (Fsp3) is 0.696. The average molecular weight is 514 g/mol. The molecule has 2 fully saturated rings. The lowest BCUT2D eigenvalue weighted by molar-refractivity contribution is 0.0824. The van der Waals surface area contributed by atoms with Gasteiger partial charge in [-0.15, -0.1) is 24.0 Å². The predicted octanol–water partition coefficient (Wildman–Crippen LogP) is 3.54. The maximum Gasteiger partial charge on any atom is 0.193 e. The van der Waals surface area contributed by atoms with Gasteiger partial charge in [0.15, 0.2) is 5.96 Å². The maximum absolute atomic E-state index is 9.63. The van der Waals surface area contributed by atoms with Gasteiger partial charge in [0.2, 0.25) is 0 Å². The van der Waals surface area contributed by atoms with E-state index in [1.54, 1.807) is 0 Å². The third-order valence-corrected chi connectivity index (χ3v) is 6.22. The van der Waals surface area contributed by atoms with Crippen molar-refractivity contribution in [3.63, 3.8) is 0 Å². The zero-order chi connectivity index (χ0) is 19.8. The Hall–Kier alpha value is -0.860. The molecule has 1 aromatic carbocycles. The van der Waals surface area contributed by atoms with Gasteiger partial charge in [0, 0.05) is 39.3 Å². The van der Waals surface area contributed by atoms with E-state index in [0.29, 0.717) is 11.8 Å². The number of halogens is 1. The Morgan fingerprint density at radius 1 is 1.14 bits per heavy atom. The number of guanidine groups is 1. The zero-order valence-electron chi connectivity index (χ0n) is 18.1. The lowest BCUT2D eigenvalue weighted by Crippen LogP contribution is -2.48. The highest BCUT2D eigenvalue weighted by Crippen LogP contribution is 2.32. The van der Waals surface area contributed by atoms with Crippen LogP contribution in [0.5, 0.6) is 0 Å². The van der Waals surface area contributed by atoms with Crippen molar-refractivity contribution < 1.29 is 5.11 Å². The maximum atomic E-state index is 9.63. The lowest BCUT2D eigenvalue weighted by atomic mass is 9.82. The molecule has 2 unspecified atom stereocenters. The molecule has 29 heavy (non-hydrogen) atoms. The van der Waals surface area contributed by atoms with Crippen LogP contribution in [-0.2, 0) is 0 Å². The van der Waals surface area contributed by atoms with Crippen LogP contribution in [0.3, 0.4) is 0 Å². The molecule has 0 spiro atoms. The van der Waals surface area contributed by atoms with E-state index in [4.69, 9.17) is 4.99 Å². The van der Waals surface area contributed by atoms with Crippen molar-refractivity contribution in [2.45, 2.75) is 51.6 Å². The predicted molar refractivity (Wildman–Crippen MR) is 132 cm³/mol. The number of nitrogens with zero attached hydrogens (tertiary/aromatic N) is 3. The molecule has 2 aliphatic heterocycles. The van der Waals surface area contributed by atoms with Gasteiger partial charge in [-0.1, -0.05) is 37.3 Å². The normalized spacial score (nSPS) is 24.2. The highest BCUT2D eigenvalue weighted by atomic mass is 127. The molecule has 0 amide bonds. The summed E-state index contributed by atoms with van der Waals surface area (Å²) in [4.78, 5) is 9.83. The molecule has 0 aromatic heterocycles. The van der Waals surface area contributed by atoms with Gasteiger partial charge in [-0.05, 0) is 56.6 Å². The Morgan fingerprint density at radius 3 is 2.52 bits per heavy atom. The molecule has 6 heteroatoms. The number of nitrogens with one attached hydrogen (secondary N) is 1. The number of hydrogen-bond acceptors (Lipinski definition) is 3. The number of aliphatic hydroxyl groups excluding tert-OH is 1. The van der Waals surface area contributed by atoms with Crippen molar-refractivity contribution in [1.29, 1.82) is 0 Å². The Kier molecular flexibility index (Phi) is 10.7. The molecule has 2 aliphatic rings. The molecule has 2 atom stereocenters. The second-order valence-electron chi connectivity index (χ2n) is 8.39. The van der Waals surface area contributed by atoms with Gasteiger partial charge in [0.25, 0.3) is 0 Å². The molecule has 2 saturated heterocycles. The zero-order valence-corrected chi connectivity index (χ0v) is 20.4. The molecular formula is C23H39IN4O. The van der Waals surface area contributed by atoms with E-state index in [2.05, 4.69) is 59.3 Å². The molecule has 2 heterocycles. The fourth-order valence-electron chi connectivity index (χ4n) is 4.58. The summed E-state index contributed by atoms with van der Waals surface area (Å²) in [5.41, 5.74) is 1.48. The third-order valence-electron chi connectivity index (χ3n) is 6.22. The lowest BCUT2D eigenvalue weighted by Gasteiger charge is -2.39. The van der Waals surface area contributed by atoms with Gasteiger partial charge in [-0.25, -0.2) is 0 Å². The first kappa shape index (κ1) is 24.4. The number of rotatable bonds is 6. The SMILES string of the molecule is CCNC(=NCCCN1CCC(O)CC1)N1CCC(c2ccccc2)C(C)C1.I. The van der Waals surface area contributed by atoms with Crippen LogP contribution < -0.4 is 5.32 Å². The Bertz CT molecular complexity index is 604. The average Bonchev–Trinajstić information content (AvgIpc) is 2.72. The Morgan fingerprint density at radius 2 is 1.86 bits per heavy atom. The van der Waals surface area contributed by atoms with Gasteiger partial charge in [-0.3, -0.25) is 4.99 Å². The summed E-state index contributed by atoms with van der Waals surface area (Å²) < 4.78 is 0. The number of hydrogen-bond donors (Lipinski definition) is 2. The topological polar surface area (TPSA) is 51.1 Å². The van der Waals surface area contributed by atoms with E-state index < -0.39 is 0 Å². The van der Waals surface area contributed by atoms with Crippen molar-refractivity contribution in [3.8, 4) is 0 Å². The number of piperidine rings is 2. The van der Waals surface area contributed by atoms with Crippen LogP contribution in [-0.4, -0.2) is 72.8 Å². The minimum Gasteiger partial charge on any atom is -0.393 e. The van der Waals surface area contributed by atoms with Crippen LogP contribution >= 0.6 is 24.0 Å². The highest BCUT2D eigenvalue weighted by Gasteiger charge is 2.28. The molecule has 0 bridgehead atoms. The van der Waals surface area contributed by atoms with Crippen LogP contribution in [0.25, 0.3) is 0 Å². The van der Waals surface area contributed by atoms with Crippen LogP contribution in [0.15, 0.2) is 35.3 Å². The quantitative estimate of drug-likeness (QED) is 0.264. The molecule has 5 nitrogen and oxygen atoms in total. The van der Waals surface area contributed by atoms with Crippen molar-refractivity contribution in [3.05, 3.63) is 35.9 Å². The molecule has 0 radical (unpaired) electrons. The summed E-state index contributed by atoms with van der Waals surface area (Å²) in [7, 11) is 0. The smallest absolute Gasteiger partial charge is 0.193 e. The van der Waals surface area contributed by atoms with Gasteiger partial charge < -0.3 is 20.2 Å². The van der Waals surface area contributed by atoms with E-state index in [-0.39, 0.29) is 30.1 Å². The highest BCUT2D eigenvalue weighted by molar-refractivity contribution is 14.0. The Labute approximate surface area is 194 Å². The first-order valence-corrected chi connectivity index (χ1v) is 11.2. The van der Waals surface area contributed by atoms with Crippen molar-refractivity contribution in [2.75, 3.05) is 45.8 Å². The standard InChI is InChI=1S/C23H38N4O.HI/c1-3-24-23(25-13-7-14-26-15-10-21(28)11-16-26)27-17-12-22(19(2)18-27)20-8-5-4-6-9-20;/h4-6,8-9,19,21-22,28H,3,7,10-18H2,1-2H3,(H,24,25);1H. The molecule has 0 saturated carbocycles. The van der Waals surface area contributed by atoms with Gasteiger partial charge in [0.1, 0.15) is 0 Å². The van der Waals surface area contributed by atoms with Crippen LogP contribution in [0.1, 0.15) is 51.0 Å². The van der Waals surface area contributed by atoms with Gasteiger partial charge in [0.05, 0.1) is 6.10 Å². The summed E-state index contributed by atoms with van der Waals surface area (Å²) in [6, 6.07) is 11.0. The number of aliphatic hydroxyl groups is 1. The summed E-state index contributed by atoms with van der Waals surface area (Å²) in [5, 5.41) is 13.1. The summed E-state index contributed by atoms with van der Waals surface area (Å²) in [6.45, 7) is 11.6. The monoisotopic (exact) mass is 514 g/mol. The second kappa shape index (κ2) is 12.7. The van der Waals surface area contributed by atoms with Crippen LogP contribution in [0.4, 0.5) is 0 Å². The summed E-state index contributed by atoms with van der Waals surface area (Å²) >= 11 is 0. The van der Waals surface area contributed by atoms with Crippen molar-refractivity contribution >= 4 is 29.9 Å². The van der Waals surface area contributed by atoms with Crippen LogP contribution in [0, 0.1) is 5.92 Å². The Balaban J connectivity index is 0.00000300. The first-order valence-electron chi connectivity index (χ1n) is 11.2. The second-order valence-corrected chi connectivity index (χ2v) is 8.39. The summed E-state index contributed by atoms with van der Waals surface area (Å²) in [6.07, 6.45) is 4.02. The van der Waals surface area contributed by atoms with Crippen molar-refractivity contribution in [1.82, 2.24) is 15.1 Å². The number of likely N-dealkylation sites (tertiary alicyclic amines) is 2. The molecule has 1 aromatic rings. The minimum atomic E-state index is -0.0876. The van der Waals surface area contributed by atoms with E-state index in [9.17, 15) is 5.11 Å². The van der Waals surface area contributed by atoms with E-state index in [0.717, 1.165) is 71.0 Å². The fourth-order valence-corrected chi connectivity index (χ4v) is 4.58. The minimum absolute atomic E-state index is 0.